The van der Waals surface area contributed by atoms with Crippen LogP contribution in [-0.4, -0.2) is 16.6 Å². The van der Waals surface area contributed by atoms with Gasteiger partial charge in [-0.05, 0) is 18.2 Å². The highest BCUT2D eigenvalue weighted by Gasteiger charge is 2.05. The molecule has 0 saturated heterocycles. The Morgan fingerprint density at radius 2 is 2.00 bits per heavy atom. The van der Waals surface area contributed by atoms with Crippen LogP contribution in [0.2, 0.25) is 0 Å². The predicted octanol–water partition coefficient (Wildman–Crippen LogP) is 1.65. The van der Waals surface area contributed by atoms with Gasteiger partial charge < -0.3 is 0 Å². The second kappa shape index (κ2) is 3.76. The normalized spacial score (nSPS) is 9.31. The number of nitrogens with zero attached hydrogens (tertiary/aromatic N) is 1. The van der Waals surface area contributed by atoms with Crippen molar-refractivity contribution in [3.63, 3.8) is 0 Å². The Bertz CT molecular complexity index is 369. The van der Waals surface area contributed by atoms with Gasteiger partial charge >= 0.3 is 0 Å². The summed E-state index contributed by atoms with van der Waals surface area (Å²) >= 11 is 0. The number of carbonyl (C=O) groups is 2. The number of aromatic nitrogens is 1. The van der Waals surface area contributed by atoms with Gasteiger partial charge in [-0.15, -0.1) is 0 Å². The van der Waals surface area contributed by atoms with Crippen molar-refractivity contribution in [3.8, 4) is 0 Å². The topological polar surface area (TPSA) is 47.0 Å². The van der Waals surface area contributed by atoms with Gasteiger partial charge in [0.2, 0.25) is 5.78 Å². The number of allylic oxidation sites excluding steroid dienone is 1. The summed E-state index contributed by atoms with van der Waals surface area (Å²) in [6, 6.07) is 4.75. The third-order valence-electron chi connectivity index (χ3n) is 1.55. The summed E-state index contributed by atoms with van der Waals surface area (Å²) < 4.78 is 0. The maximum Gasteiger partial charge on any atom is 0.203 e. The Morgan fingerprint density at radius 3 is 2.54 bits per heavy atom. The van der Waals surface area contributed by atoms with Gasteiger partial charge in [0.15, 0.2) is 5.78 Å². The lowest BCUT2D eigenvalue weighted by Gasteiger charge is -1.97. The molecular formula is C10H9NO2. The number of carbonyl (C=O) groups excluding carboxylic acids is 2. The molecule has 0 aliphatic carbocycles. The molecule has 1 aromatic heterocycles. The number of hydrogen-bond acceptors (Lipinski definition) is 3. The molecule has 0 bridgehead atoms. The Hall–Kier alpha value is -1.77. The van der Waals surface area contributed by atoms with Crippen molar-refractivity contribution >= 4 is 11.6 Å². The van der Waals surface area contributed by atoms with Crippen LogP contribution in [-0.2, 0) is 0 Å². The maximum absolute atomic E-state index is 11.1. The summed E-state index contributed by atoms with van der Waals surface area (Å²) in [7, 11) is 0. The molecule has 0 fully saturated rings. The first kappa shape index (κ1) is 9.32. The van der Waals surface area contributed by atoms with E-state index in [1.165, 1.54) is 13.0 Å². The molecule has 0 aliphatic heterocycles. The smallest absolute Gasteiger partial charge is 0.203 e. The van der Waals surface area contributed by atoms with Crippen LogP contribution in [0.3, 0.4) is 0 Å². The van der Waals surface area contributed by atoms with Crippen molar-refractivity contribution in [1.29, 1.82) is 0 Å². The molecule has 0 atom stereocenters. The fourth-order valence-electron chi connectivity index (χ4n) is 0.873. The first-order valence-corrected chi connectivity index (χ1v) is 3.80. The fraction of sp³-hybridized carbons (Fsp3) is 0.100. The molecule has 3 heteroatoms. The summed E-state index contributed by atoms with van der Waals surface area (Å²) in [5.74, 6) is -0.429. The molecule has 0 N–H and O–H groups in total. The third-order valence-corrected chi connectivity index (χ3v) is 1.55. The predicted molar refractivity (Wildman–Crippen MR) is 48.8 cm³/mol. The first-order valence-electron chi connectivity index (χ1n) is 3.80. The highest BCUT2D eigenvalue weighted by atomic mass is 16.1. The molecule has 0 amide bonds. The summed E-state index contributed by atoms with van der Waals surface area (Å²) in [6.07, 6.45) is 1.17. The molecule has 0 spiro atoms. The van der Waals surface area contributed by atoms with Gasteiger partial charge in [-0.1, -0.05) is 12.6 Å². The fourth-order valence-corrected chi connectivity index (χ4v) is 0.873. The maximum atomic E-state index is 11.1. The minimum atomic E-state index is -0.275. The molecule has 0 aliphatic rings. The zero-order valence-electron chi connectivity index (χ0n) is 7.28. The number of hydrogen-bond donors (Lipinski definition) is 0. The Balaban J connectivity index is 3.12. The van der Waals surface area contributed by atoms with Gasteiger partial charge in [0, 0.05) is 6.92 Å². The lowest BCUT2D eigenvalue weighted by atomic mass is 10.2. The quantitative estimate of drug-likeness (QED) is 0.518. The van der Waals surface area contributed by atoms with E-state index in [1.54, 1.807) is 18.2 Å². The third kappa shape index (κ3) is 2.08. The van der Waals surface area contributed by atoms with Crippen LogP contribution in [0.15, 0.2) is 30.9 Å². The van der Waals surface area contributed by atoms with Crippen LogP contribution in [0.1, 0.15) is 27.9 Å². The van der Waals surface area contributed by atoms with Crippen molar-refractivity contribution in [2.45, 2.75) is 6.92 Å². The molecule has 0 saturated carbocycles. The molecule has 1 aromatic rings. The molecule has 0 radical (unpaired) electrons. The zero-order valence-corrected chi connectivity index (χ0v) is 7.28. The molecule has 0 unspecified atom stereocenters. The average molecular weight is 175 g/mol. The van der Waals surface area contributed by atoms with Gasteiger partial charge in [0.25, 0.3) is 0 Å². The minimum Gasteiger partial charge on any atom is -0.293 e. The van der Waals surface area contributed by atoms with E-state index in [-0.39, 0.29) is 17.3 Å². The van der Waals surface area contributed by atoms with Crippen molar-refractivity contribution < 1.29 is 9.59 Å². The largest absolute Gasteiger partial charge is 0.293 e. The van der Waals surface area contributed by atoms with E-state index in [4.69, 9.17) is 0 Å². The van der Waals surface area contributed by atoms with Crippen LogP contribution in [0.4, 0.5) is 0 Å². The zero-order chi connectivity index (χ0) is 9.84. The summed E-state index contributed by atoms with van der Waals surface area (Å²) in [5.41, 5.74) is 0.551. The van der Waals surface area contributed by atoms with E-state index >= 15 is 0 Å². The van der Waals surface area contributed by atoms with Crippen LogP contribution in [0.25, 0.3) is 0 Å². The van der Waals surface area contributed by atoms with Gasteiger partial charge in [0.1, 0.15) is 11.4 Å². The molecular weight excluding hydrogens is 166 g/mol. The van der Waals surface area contributed by atoms with E-state index in [0.29, 0.717) is 5.69 Å². The van der Waals surface area contributed by atoms with Crippen molar-refractivity contribution in [2.75, 3.05) is 0 Å². The van der Waals surface area contributed by atoms with Crippen LogP contribution >= 0.6 is 0 Å². The Kier molecular flexibility index (Phi) is 2.69. The van der Waals surface area contributed by atoms with E-state index in [1.807, 2.05) is 0 Å². The standard InChI is InChI=1S/C10H9NO2/c1-3-10(13)9-6-4-5-8(11-9)7(2)12/h3-6H,1H2,2H3. The summed E-state index contributed by atoms with van der Waals surface area (Å²) in [5, 5.41) is 0. The lowest BCUT2D eigenvalue weighted by molar-refractivity contribution is 0.101. The SMILES string of the molecule is C=CC(=O)c1cccc(C(C)=O)n1. The number of pyridine rings is 1. The van der Waals surface area contributed by atoms with Crippen LogP contribution < -0.4 is 0 Å². The van der Waals surface area contributed by atoms with E-state index in [9.17, 15) is 9.59 Å². The average Bonchev–Trinajstić information content (AvgIpc) is 2.17. The minimum absolute atomic E-state index is 0.154. The van der Waals surface area contributed by atoms with Gasteiger partial charge in [-0.25, -0.2) is 4.98 Å². The number of Topliss-reactive ketones (excluding diaryl/α,β-unsaturated/α-hetero) is 1. The monoisotopic (exact) mass is 175 g/mol. The summed E-state index contributed by atoms with van der Waals surface area (Å²) in [4.78, 5) is 25.9. The second-order valence-electron chi connectivity index (χ2n) is 2.53. The van der Waals surface area contributed by atoms with Crippen molar-refractivity contribution in [3.05, 3.63) is 42.2 Å². The van der Waals surface area contributed by atoms with Crippen molar-refractivity contribution in [2.24, 2.45) is 0 Å². The van der Waals surface area contributed by atoms with E-state index in [2.05, 4.69) is 11.6 Å². The van der Waals surface area contributed by atoms with Gasteiger partial charge in [0.05, 0.1) is 0 Å². The molecule has 1 rings (SSSR count). The Morgan fingerprint density at radius 1 is 1.38 bits per heavy atom. The van der Waals surface area contributed by atoms with Crippen LogP contribution in [0, 0.1) is 0 Å². The molecule has 0 aromatic carbocycles. The Labute approximate surface area is 76.1 Å². The number of rotatable bonds is 3. The number of ketones is 2. The highest BCUT2D eigenvalue weighted by molar-refractivity contribution is 6.03. The molecule has 1 heterocycles. The molecule has 3 nitrogen and oxygen atoms in total. The van der Waals surface area contributed by atoms with E-state index < -0.39 is 0 Å². The van der Waals surface area contributed by atoms with Gasteiger partial charge in [-0.3, -0.25) is 9.59 Å². The second-order valence-corrected chi connectivity index (χ2v) is 2.53. The van der Waals surface area contributed by atoms with Crippen molar-refractivity contribution in [1.82, 2.24) is 4.98 Å². The first-order chi connectivity index (χ1) is 6.15. The van der Waals surface area contributed by atoms with E-state index in [0.717, 1.165) is 0 Å². The molecule has 13 heavy (non-hydrogen) atoms. The highest BCUT2D eigenvalue weighted by Crippen LogP contribution is 2.01. The molecule has 66 valence electrons. The lowest BCUT2D eigenvalue weighted by Crippen LogP contribution is -2.03. The summed E-state index contributed by atoms with van der Waals surface area (Å²) in [6.45, 7) is 4.74. The van der Waals surface area contributed by atoms with Gasteiger partial charge in [-0.2, -0.15) is 0 Å². The van der Waals surface area contributed by atoms with Crippen LogP contribution in [0.5, 0.6) is 0 Å².